The van der Waals surface area contributed by atoms with Crippen LogP contribution in [-0.4, -0.2) is 36.2 Å². The van der Waals surface area contributed by atoms with Gasteiger partial charge in [-0.2, -0.15) is 0 Å². The summed E-state index contributed by atoms with van der Waals surface area (Å²) in [7, 11) is 1.82. The Labute approximate surface area is 205 Å². The number of benzene rings is 1. The van der Waals surface area contributed by atoms with Gasteiger partial charge in [0.1, 0.15) is 18.8 Å². The number of amides is 1. The fraction of sp³-hybridized carbons (Fsp3) is 0.654. The highest BCUT2D eigenvalue weighted by molar-refractivity contribution is 7.80. The monoisotopic (exact) mass is 478 g/mol. The first-order valence-corrected chi connectivity index (χ1v) is 12.7. The Balaban J connectivity index is 2.42. The number of carbonyl (C=O) groups is 2. The zero-order chi connectivity index (χ0) is 24.3. The summed E-state index contributed by atoms with van der Waals surface area (Å²) in [5.41, 5.74) is 0.886. The minimum atomic E-state index is -0.775. The average Bonchev–Trinajstić information content (AvgIpc) is 2.82. The van der Waals surface area contributed by atoms with Crippen molar-refractivity contribution in [2.45, 2.75) is 103 Å². The van der Waals surface area contributed by atoms with Gasteiger partial charge in [-0.05, 0) is 44.6 Å². The van der Waals surface area contributed by atoms with Gasteiger partial charge in [0, 0.05) is 7.05 Å². The third kappa shape index (κ3) is 14.6. The molecule has 33 heavy (non-hydrogen) atoms. The maximum Gasteiger partial charge on any atom is 0.408 e. The Morgan fingerprint density at radius 2 is 1.61 bits per heavy atom. The molecule has 0 heterocycles. The molecule has 1 aromatic rings. The number of rotatable bonds is 17. The number of esters is 1. The van der Waals surface area contributed by atoms with Crippen LogP contribution in [-0.2, 0) is 20.9 Å². The van der Waals surface area contributed by atoms with Gasteiger partial charge >= 0.3 is 12.1 Å². The number of hydrogen-bond donors (Lipinski definition) is 2. The average molecular weight is 479 g/mol. The molecule has 0 aliphatic carbocycles. The van der Waals surface area contributed by atoms with Gasteiger partial charge in [0.15, 0.2) is 0 Å². The van der Waals surface area contributed by atoms with Gasteiger partial charge in [0.25, 0.3) is 0 Å². The molecule has 1 rings (SSSR count). The van der Waals surface area contributed by atoms with Crippen molar-refractivity contribution >= 4 is 29.3 Å². The second-order valence-electron chi connectivity index (χ2n) is 8.46. The molecule has 0 aliphatic rings. The van der Waals surface area contributed by atoms with Gasteiger partial charge < -0.3 is 20.1 Å². The molecule has 0 aromatic heterocycles. The van der Waals surface area contributed by atoms with Crippen LogP contribution >= 0.6 is 12.2 Å². The molecular formula is C26H42N2O4S. The van der Waals surface area contributed by atoms with E-state index in [1.165, 1.54) is 32.1 Å². The Bertz CT molecular complexity index is 684. The molecule has 7 heteroatoms. The molecule has 0 spiro atoms. The van der Waals surface area contributed by atoms with Gasteiger partial charge in [0.2, 0.25) is 0 Å². The van der Waals surface area contributed by atoms with Gasteiger partial charge in [-0.1, -0.05) is 88.0 Å². The summed E-state index contributed by atoms with van der Waals surface area (Å²) in [5, 5.41) is 5.55. The van der Waals surface area contributed by atoms with Crippen molar-refractivity contribution in [1.29, 1.82) is 0 Å². The predicted octanol–water partition coefficient (Wildman–Crippen LogP) is 6.07. The van der Waals surface area contributed by atoms with Crippen molar-refractivity contribution in [3.63, 3.8) is 0 Å². The summed E-state index contributed by atoms with van der Waals surface area (Å²) >= 11 is 5.22. The van der Waals surface area contributed by atoms with Crippen LogP contribution in [0.5, 0.6) is 0 Å². The van der Waals surface area contributed by atoms with Crippen LogP contribution in [0, 0.1) is 0 Å². The molecule has 0 saturated carbocycles. The molecular weight excluding hydrogens is 436 g/mol. The fourth-order valence-corrected chi connectivity index (χ4v) is 3.62. The molecule has 0 saturated heterocycles. The van der Waals surface area contributed by atoms with E-state index in [1.54, 1.807) is 6.92 Å². The highest BCUT2D eigenvalue weighted by Gasteiger charge is 2.22. The summed E-state index contributed by atoms with van der Waals surface area (Å²) < 4.78 is 11.0. The van der Waals surface area contributed by atoms with Gasteiger partial charge in [-0.15, -0.1) is 0 Å². The summed E-state index contributed by atoms with van der Waals surface area (Å²) in [4.78, 5) is 25.5. The molecule has 1 amide bonds. The van der Waals surface area contributed by atoms with Gasteiger partial charge in [-0.25, -0.2) is 9.59 Å². The molecule has 1 aromatic carbocycles. The highest BCUT2D eigenvalue weighted by Crippen LogP contribution is 2.16. The van der Waals surface area contributed by atoms with Crippen LogP contribution in [0.2, 0.25) is 0 Å². The minimum Gasteiger partial charge on any atom is -0.461 e. The Morgan fingerprint density at radius 3 is 2.27 bits per heavy atom. The smallest absolute Gasteiger partial charge is 0.408 e. The molecule has 186 valence electrons. The van der Waals surface area contributed by atoms with Crippen LogP contribution in [0.4, 0.5) is 4.79 Å². The first-order valence-electron chi connectivity index (χ1n) is 12.3. The first-order chi connectivity index (χ1) is 16.0. The lowest BCUT2D eigenvalue weighted by atomic mass is 10.0. The maximum atomic E-state index is 12.6. The van der Waals surface area contributed by atoms with E-state index < -0.39 is 18.1 Å². The summed E-state index contributed by atoms with van der Waals surface area (Å²) in [6.07, 6.45) is 10.9. The number of thiocarbonyl (C=S) groups is 1. The third-order valence-corrected chi connectivity index (χ3v) is 5.93. The van der Waals surface area contributed by atoms with Crippen molar-refractivity contribution in [2.24, 2.45) is 0 Å². The zero-order valence-electron chi connectivity index (χ0n) is 20.6. The topological polar surface area (TPSA) is 76.7 Å². The highest BCUT2D eigenvalue weighted by atomic mass is 32.1. The summed E-state index contributed by atoms with van der Waals surface area (Å²) in [6, 6.07) is 8.63. The van der Waals surface area contributed by atoms with Crippen molar-refractivity contribution < 1.29 is 19.1 Å². The Hall–Kier alpha value is -2.15. The molecule has 0 radical (unpaired) electrons. The number of ether oxygens (including phenoxy) is 2. The lowest BCUT2D eigenvalue weighted by molar-refractivity contribution is -0.151. The second-order valence-corrected chi connectivity index (χ2v) is 8.95. The van der Waals surface area contributed by atoms with Crippen LogP contribution in [0.1, 0.15) is 90.0 Å². The SMILES string of the molecule is CCCCCCCCC[C@H](CCCC(=S)NC)OC(=O)[C@H](C)NC(=O)OCc1ccccc1. The molecule has 2 atom stereocenters. The number of nitrogens with one attached hydrogen (secondary N) is 2. The quantitative estimate of drug-likeness (QED) is 0.161. The van der Waals surface area contributed by atoms with Crippen molar-refractivity contribution in [3.8, 4) is 0 Å². The van der Waals surface area contributed by atoms with Crippen LogP contribution in [0.3, 0.4) is 0 Å². The van der Waals surface area contributed by atoms with E-state index in [9.17, 15) is 9.59 Å². The summed E-state index contributed by atoms with van der Waals surface area (Å²) in [6.45, 7) is 3.99. The van der Waals surface area contributed by atoms with E-state index in [-0.39, 0.29) is 12.7 Å². The Morgan fingerprint density at radius 1 is 0.970 bits per heavy atom. The van der Waals surface area contributed by atoms with E-state index in [0.29, 0.717) is 0 Å². The fourth-order valence-electron chi connectivity index (χ4n) is 3.47. The van der Waals surface area contributed by atoms with E-state index in [0.717, 1.165) is 49.1 Å². The van der Waals surface area contributed by atoms with E-state index >= 15 is 0 Å². The number of unbranched alkanes of at least 4 members (excludes halogenated alkanes) is 6. The standard InChI is InChI=1S/C26H42N2O4S/c1-4-5-6-7-8-9-13-17-23(18-14-19-24(33)27-3)32-25(29)21(2)28-26(30)31-20-22-15-11-10-12-16-22/h10-12,15-16,21,23H,4-9,13-14,17-20H2,1-3H3,(H,27,33)(H,28,30)/t21-,23+/m0/s1. The normalized spacial score (nSPS) is 12.5. The molecule has 6 nitrogen and oxygen atoms in total. The number of carbonyl (C=O) groups excluding carboxylic acids is 2. The Kier molecular flexibility index (Phi) is 16.0. The molecule has 0 fully saturated rings. The van der Waals surface area contributed by atoms with E-state index in [4.69, 9.17) is 21.7 Å². The molecule has 2 N–H and O–H groups in total. The first kappa shape index (κ1) is 28.9. The van der Waals surface area contributed by atoms with Crippen LogP contribution < -0.4 is 10.6 Å². The number of hydrogen-bond acceptors (Lipinski definition) is 5. The largest absolute Gasteiger partial charge is 0.461 e. The number of alkyl carbamates (subject to hydrolysis) is 1. The summed E-state index contributed by atoms with van der Waals surface area (Å²) in [5.74, 6) is -0.434. The van der Waals surface area contributed by atoms with Gasteiger partial charge in [0.05, 0.1) is 4.99 Å². The van der Waals surface area contributed by atoms with Gasteiger partial charge in [-0.3, -0.25) is 0 Å². The minimum absolute atomic E-state index is 0.153. The zero-order valence-corrected chi connectivity index (χ0v) is 21.4. The second kappa shape index (κ2) is 18.3. The van der Waals surface area contributed by atoms with E-state index in [1.807, 2.05) is 37.4 Å². The molecule has 0 unspecified atom stereocenters. The lowest BCUT2D eigenvalue weighted by Gasteiger charge is -2.21. The van der Waals surface area contributed by atoms with E-state index in [2.05, 4.69) is 17.6 Å². The molecule has 0 aliphatic heterocycles. The molecule has 0 bridgehead atoms. The van der Waals surface area contributed by atoms with Crippen molar-refractivity contribution in [3.05, 3.63) is 35.9 Å². The lowest BCUT2D eigenvalue weighted by Crippen LogP contribution is -2.41. The van der Waals surface area contributed by atoms with Crippen LogP contribution in [0.25, 0.3) is 0 Å². The maximum absolute atomic E-state index is 12.6. The van der Waals surface area contributed by atoms with Crippen molar-refractivity contribution in [1.82, 2.24) is 10.6 Å². The van der Waals surface area contributed by atoms with Crippen LogP contribution in [0.15, 0.2) is 30.3 Å². The predicted molar refractivity (Wildman–Crippen MR) is 137 cm³/mol. The third-order valence-electron chi connectivity index (χ3n) is 5.52. The van der Waals surface area contributed by atoms with Crippen molar-refractivity contribution in [2.75, 3.05) is 7.05 Å².